The zero-order valence-electron chi connectivity index (χ0n) is 17.2. The van der Waals surface area contributed by atoms with E-state index in [1.54, 1.807) is 6.08 Å². The molecule has 5 rings (SSSR count). The molecular weight excluding hydrogens is 360 g/mol. The van der Waals surface area contributed by atoms with E-state index in [9.17, 15) is 9.90 Å². The predicted octanol–water partition coefficient (Wildman–Crippen LogP) is 4.33. The lowest BCUT2D eigenvalue weighted by Crippen LogP contribution is -2.53. The Balaban J connectivity index is 1.70. The van der Waals surface area contributed by atoms with E-state index in [1.807, 2.05) is 13.0 Å². The maximum absolute atomic E-state index is 12.0. The number of carbonyl (C=O) groups is 1. The maximum atomic E-state index is 12.0. The van der Waals surface area contributed by atoms with Crippen LogP contribution in [0.4, 0.5) is 0 Å². The van der Waals surface area contributed by atoms with Gasteiger partial charge in [-0.05, 0) is 66.9 Å². The molecule has 1 heterocycles. The number of ether oxygens (including phenoxy) is 1. The van der Waals surface area contributed by atoms with Crippen LogP contribution in [0.3, 0.4) is 0 Å². The van der Waals surface area contributed by atoms with Gasteiger partial charge in [-0.25, -0.2) is 0 Å². The SMILES string of the molecule is CC#C[C@]1(O)CC[C@H]2[C@@H]3OCC4=CC(=O)CCC4=C3C(c3ccccc3)C[C@@]21C. The number of hydrogen-bond acceptors (Lipinski definition) is 3. The molecule has 1 aliphatic heterocycles. The third-order valence-electron chi connectivity index (χ3n) is 7.90. The van der Waals surface area contributed by atoms with Crippen LogP contribution in [0.2, 0.25) is 0 Å². The fourth-order valence-electron chi connectivity index (χ4n) is 6.41. The topological polar surface area (TPSA) is 46.5 Å². The molecule has 0 saturated heterocycles. The van der Waals surface area contributed by atoms with E-state index in [0.29, 0.717) is 19.4 Å². The van der Waals surface area contributed by atoms with Crippen molar-refractivity contribution in [3.8, 4) is 11.8 Å². The molecule has 5 atom stereocenters. The van der Waals surface area contributed by atoms with Gasteiger partial charge < -0.3 is 9.84 Å². The van der Waals surface area contributed by atoms with Crippen LogP contribution in [0.25, 0.3) is 0 Å². The minimum atomic E-state index is -0.975. The molecule has 29 heavy (non-hydrogen) atoms. The van der Waals surface area contributed by atoms with Crippen molar-refractivity contribution in [2.45, 2.75) is 63.6 Å². The Labute approximate surface area is 172 Å². The molecule has 1 unspecified atom stereocenters. The summed E-state index contributed by atoms with van der Waals surface area (Å²) in [7, 11) is 0. The first-order chi connectivity index (χ1) is 14.0. The van der Waals surface area contributed by atoms with Gasteiger partial charge in [-0.2, -0.15) is 0 Å². The first kappa shape index (κ1) is 18.9. The average molecular weight is 389 g/mol. The number of carbonyl (C=O) groups excluding carboxylic acids is 1. The van der Waals surface area contributed by atoms with Crippen LogP contribution in [0.1, 0.15) is 57.4 Å². The molecule has 0 aromatic heterocycles. The smallest absolute Gasteiger partial charge is 0.156 e. The van der Waals surface area contributed by atoms with Crippen molar-refractivity contribution in [1.82, 2.24) is 0 Å². The Morgan fingerprint density at radius 3 is 2.76 bits per heavy atom. The average Bonchev–Trinajstić information content (AvgIpc) is 2.98. The summed E-state index contributed by atoms with van der Waals surface area (Å²) in [6.07, 6.45) is 5.66. The summed E-state index contributed by atoms with van der Waals surface area (Å²) in [5.41, 5.74) is 3.74. The minimum absolute atomic E-state index is 0.00742. The first-order valence-corrected chi connectivity index (χ1v) is 10.8. The number of aliphatic hydroxyl groups is 1. The molecular formula is C26H28O3. The van der Waals surface area contributed by atoms with Crippen molar-refractivity contribution in [3.63, 3.8) is 0 Å². The highest BCUT2D eigenvalue weighted by atomic mass is 16.5. The van der Waals surface area contributed by atoms with Crippen LogP contribution < -0.4 is 0 Å². The third kappa shape index (κ3) is 2.70. The summed E-state index contributed by atoms with van der Waals surface area (Å²) >= 11 is 0. The third-order valence-corrected chi connectivity index (χ3v) is 7.90. The van der Waals surface area contributed by atoms with Crippen molar-refractivity contribution < 1.29 is 14.6 Å². The van der Waals surface area contributed by atoms with Crippen molar-refractivity contribution >= 4 is 5.78 Å². The molecule has 2 fully saturated rings. The van der Waals surface area contributed by atoms with Crippen LogP contribution >= 0.6 is 0 Å². The summed E-state index contributed by atoms with van der Waals surface area (Å²) in [6.45, 7) is 4.53. The monoisotopic (exact) mass is 388 g/mol. The van der Waals surface area contributed by atoms with Crippen LogP contribution in [-0.4, -0.2) is 29.2 Å². The highest BCUT2D eigenvalue weighted by Crippen LogP contribution is 2.64. The Hall–Kier alpha value is -2.15. The summed E-state index contributed by atoms with van der Waals surface area (Å²) in [5, 5.41) is 11.6. The van der Waals surface area contributed by atoms with E-state index in [1.165, 1.54) is 16.7 Å². The molecule has 2 saturated carbocycles. The molecule has 1 aromatic rings. The lowest BCUT2D eigenvalue weighted by Gasteiger charge is -2.53. The predicted molar refractivity (Wildman–Crippen MR) is 112 cm³/mol. The zero-order valence-corrected chi connectivity index (χ0v) is 17.2. The summed E-state index contributed by atoms with van der Waals surface area (Å²) in [6, 6.07) is 10.6. The molecule has 3 aliphatic carbocycles. The molecule has 1 N–H and O–H groups in total. The van der Waals surface area contributed by atoms with Crippen LogP contribution in [0.5, 0.6) is 0 Å². The molecule has 1 aromatic carbocycles. The highest BCUT2D eigenvalue weighted by molar-refractivity contribution is 5.93. The number of ketones is 1. The van der Waals surface area contributed by atoms with Gasteiger partial charge in [0.2, 0.25) is 0 Å². The van der Waals surface area contributed by atoms with Crippen LogP contribution in [-0.2, 0) is 9.53 Å². The molecule has 3 nitrogen and oxygen atoms in total. The standard InChI is InChI=1S/C26H28O3/c1-3-12-26(28)13-11-22-24-23(20-10-9-19(27)14-18(20)16-29-24)21(15-25(22,26)2)17-7-5-4-6-8-17/h4-8,14,21-22,24,28H,9-11,13,15-16H2,1-2H3/t21?,22-,24-,25-,26-/m0/s1. The second-order valence-corrected chi connectivity index (χ2v) is 9.27. The fraction of sp³-hybridized carbons (Fsp3) is 0.500. The van der Waals surface area contributed by atoms with E-state index in [0.717, 1.165) is 24.8 Å². The van der Waals surface area contributed by atoms with E-state index >= 15 is 0 Å². The maximum Gasteiger partial charge on any atom is 0.156 e. The quantitative estimate of drug-likeness (QED) is 0.729. The normalized spacial score (nSPS) is 38.4. The van der Waals surface area contributed by atoms with E-state index in [-0.39, 0.29) is 29.1 Å². The molecule has 0 radical (unpaired) electrons. The van der Waals surface area contributed by atoms with Gasteiger partial charge in [0.25, 0.3) is 0 Å². The van der Waals surface area contributed by atoms with Crippen molar-refractivity contribution in [2.24, 2.45) is 11.3 Å². The van der Waals surface area contributed by atoms with E-state index < -0.39 is 5.60 Å². The lowest BCUT2D eigenvalue weighted by atomic mass is 9.55. The lowest BCUT2D eigenvalue weighted by molar-refractivity contribution is -0.115. The largest absolute Gasteiger partial charge is 0.377 e. The van der Waals surface area contributed by atoms with Crippen molar-refractivity contribution in [3.05, 3.63) is 58.7 Å². The molecule has 3 heteroatoms. The van der Waals surface area contributed by atoms with Crippen molar-refractivity contribution in [2.75, 3.05) is 6.61 Å². The van der Waals surface area contributed by atoms with E-state index in [2.05, 4.69) is 43.0 Å². The minimum Gasteiger partial charge on any atom is -0.377 e. The summed E-state index contributed by atoms with van der Waals surface area (Å²) in [5.74, 6) is 6.78. The molecule has 0 bridgehead atoms. The van der Waals surface area contributed by atoms with Gasteiger partial charge in [0.05, 0.1) is 12.7 Å². The van der Waals surface area contributed by atoms with Gasteiger partial charge >= 0.3 is 0 Å². The Bertz CT molecular complexity index is 976. The molecule has 4 aliphatic rings. The van der Waals surface area contributed by atoms with Gasteiger partial charge in [-0.3, -0.25) is 4.79 Å². The summed E-state index contributed by atoms with van der Waals surface area (Å²) in [4.78, 5) is 12.0. The Morgan fingerprint density at radius 2 is 2.00 bits per heavy atom. The number of allylic oxidation sites excluding steroid dienone is 1. The van der Waals surface area contributed by atoms with Gasteiger partial charge in [0, 0.05) is 17.8 Å². The second kappa shape index (κ2) is 6.69. The molecule has 150 valence electrons. The highest BCUT2D eigenvalue weighted by Gasteiger charge is 2.63. The zero-order chi connectivity index (χ0) is 20.2. The van der Waals surface area contributed by atoms with Gasteiger partial charge in [0.15, 0.2) is 5.78 Å². The van der Waals surface area contributed by atoms with E-state index in [4.69, 9.17) is 4.74 Å². The number of hydrogen-bond donors (Lipinski definition) is 1. The Morgan fingerprint density at radius 1 is 1.21 bits per heavy atom. The van der Waals surface area contributed by atoms with Gasteiger partial charge in [-0.15, -0.1) is 5.92 Å². The first-order valence-electron chi connectivity index (χ1n) is 10.8. The number of fused-ring (bicyclic) bond motifs is 4. The number of rotatable bonds is 1. The van der Waals surface area contributed by atoms with Crippen LogP contribution in [0, 0.1) is 23.2 Å². The summed E-state index contributed by atoms with van der Waals surface area (Å²) < 4.78 is 6.46. The molecule has 0 spiro atoms. The fourth-order valence-corrected chi connectivity index (χ4v) is 6.41. The molecule has 0 amide bonds. The van der Waals surface area contributed by atoms with Gasteiger partial charge in [-0.1, -0.05) is 43.2 Å². The van der Waals surface area contributed by atoms with Crippen LogP contribution in [0.15, 0.2) is 53.1 Å². The second-order valence-electron chi connectivity index (χ2n) is 9.27. The Kier molecular flexibility index (Phi) is 4.35. The van der Waals surface area contributed by atoms with Gasteiger partial charge in [0.1, 0.15) is 5.60 Å². The van der Waals surface area contributed by atoms with Crippen molar-refractivity contribution in [1.29, 1.82) is 0 Å². The number of benzene rings is 1.